The van der Waals surface area contributed by atoms with Gasteiger partial charge in [0.05, 0.1) is 19.6 Å². The van der Waals surface area contributed by atoms with E-state index in [1.54, 1.807) is 19.1 Å². The zero-order valence-electron chi connectivity index (χ0n) is 11.9. The molecule has 0 spiro atoms. The molecule has 2 nitrogen and oxygen atoms in total. The highest BCUT2D eigenvalue weighted by molar-refractivity contribution is 6.22. The summed E-state index contributed by atoms with van der Waals surface area (Å²) in [4.78, 5) is 0. The fourth-order valence-electron chi connectivity index (χ4n) is 2.07. The lowest BCUT2D eigenvalue weighted by Crippen LogP contribution is -2.02. The van der Waals surface area contributed by atoms with Crippen molar-refractivity contribution in [1.82, 2.24) is 0 Å². The molecule has 0 aliphatic heterocycles. The van der Waals surface area contributed by atoms with E-state index in [4.69, 9.17) is 21.1 Å². The average Bonchev–Trinajstić information content (AvgIpc) is 2.46. The van der Waals surface area contributed by atoms with E-state index in [-0.39, 0.29) is 16.9 Å². The molecule has 5 heteroatoms. The summed E-state index contributed by atoms with van der Waals surface area (Å²) in [7, 11) is 2.85. The third-order valence-corrected chi connectivity index (χ3v) is 3.68. The smallest absolute Gasteiger partial charge is 0.163 e. The molecule has 0 saturated carbocycles. The molecular weight excluding hydrogens is 298 g/mol. The molecule has 0 bridgehead atoms. The Bertz CT molecular complexity index is 659. The largest absolute Gasteiger partial charge is 0.493 e. The molecule has 21 heavy (non-hydrogen) atoms. The summed E-state index contributed by atoms with van der Waals surface area (Å²) in [6.45, 7) is 1.77. The number of ether oxygens (including phenoxy) is 2. The first-order chi connectivity index (χ1) is 9.97. The molecule has 0 heterocycles. The van der Waals surface area contributed by atoms with Crippen molar-refractivity contribution in [3.05, 3.63) is 58.7 Å². The predicted molar refractivity (Wildman–Crippen MR) is 78.3 cm³/mol. The van der Waals surface area contributed by atoms with Crippen molar-refractivity contribution >= 4 is 11.6 Å². The van der Waals surface area contributed by atoms with Crippen molar-refractivity contribution in [3.63, 3.8) is 0 Å². The van der Waals surface area contributed by atoms with Crippen LogP contribution in [-0.2, 0) is 0 Å². The number of hydrogen-bond donors (Lipinski definition) is 0. The number of alkyl halides is 1. The van der Waals surface area contributed by atoms with Crippen LogP contribution in [0, 0.1) is 18.6 Å². The van der Waals surface area contributed by atoms with Crippen LogP contribution in [0.5, 0.6) is 11.5 Å². The molecule has 0 aromatic heterocycles. The van der Waals surface area contributed by atoms with Crippen molar-refractivity contribution in [2.24, 2.45) is 0 Å². The molecule has 2 aromatic rings. The van der Waals surface area contributed by atoms with Crippen LogP contribution in [0.2, 0.25) is 0 Å². The minimum atomic E-state index is -0.953. The Morgan fingerprint density at radius 2 is 1.48 bits per heavy atom. The Labute approximate surface area is 127 Å². The summed E-state index contributed by atoms with van der Waals surface area (Å²) in [5.74, 6) is -0.448. The Morgan fingerprint density at radius 3 is 2.05 bits per heavy atom. The Morgan fingerprint density at radius 1 is 0.905 bits per heavy atom. The van der Waals surface area contributed by atoms with Gasteiger partial charge in [-0.05, 0) is 24.6 Å². The topological polar surface area (TPSA) is 18.5 Å². The molecule has 0 N–H and O–H groups in total. The van der Waals surface area contributed by atoms with Crippen LogP contribution in [0.4, 0.5) is 8.78 Å². The minimum absolute atomic E-state index is 0.136. The van der Waals surface area contributed by atoms with Gasteiger partial charge in [0.2, 0.25) is 0 Å². The zero-order chi connectivity index (χ0) is 15.6. The number of aryl methyl sites for hydroxylation is 1. The maximum absolute atomic E-state index is 14.2. The van der Waals surface area contributed by atoms with E-state index >= 15 is 0 Å². The highest BCUT2D eigenvalue weighted by Crippen LogP contribution is 2.38. The van der Waals surface area contributed by atoms with E-state index < -0.39 is 17.0 Å². The average molecular weight is 313 g/mol. The van der Waals surface area contributed by atoms with Crippen LogP contribution >= 0.6 is 11.6 Å². The molecule has 2 rings (SSSR count). The summed E-state index contributed by atoms with van der Waals surface area (Å²) >= 11 is 6.24. The van der Waals surface area contributed by atoms with Crippen LogP contribution in [0.15, 0.2) is 30.3 Å². The summed E-state index contributed by atoms with van der Waals surface area (Å²) < 4.78 is 38.3. The minimum Gasteiger partial charge on any atom is -0.493 e. The molecule has 0 fully saturated rings. The lowest BCUT2D eigenvalue weighted by molar-refractivity contribution is 0.351. The van der Waals surface area contributed by atoms with Crippen molar-refractivity contribution in [3.8, 4) is 11.5 Å². The van der Waals surface area contributed by atoms with Crippen molar-refractivity contribution in [2.75, 3.05) is 14.2 Å². The molecule has 2 aromatic carbocycles. The van der Waals surface area contributed by atoms with Crippen LogP contribution in [0.25, 0.3) is 0 Å². The van der Waals surface area contributed by atoms with E-state index in [0.29, 0.717) is 5.75 Å². The van der Waals surface area contributed by atoms with Gasteiger partial charge in [0.15, 0.2) is 11.5 Å². The maximum Gasteiger partial charge on any atom is 0.163 e. The molecule has 0 amide bonds. The fraction of sp³-hybridized carbons (Fsp3) is 0.250. The molecule has 112 valence electrons. The summed E-state index contributed by atoms with van der Waals surface area (Å²) in [5.41, 5.74) is 1.12. The van der Waals surface area contributed by atoms with Gasteiger partial charge in [-0.3, -0.25) is 0 Å². The number of halogens is 3. The van der Waals surface area contributed by atoms with Crippen LogP contribution in [0.3, 0.4) is 0 Å². The van der Waals surface area contributed by atoms with Gasteiger partial charge in [0, 0.05) is 17.2 Å². The van der Waals surface area contributed by atoms with Crippen LogP contribution < -0.4 is 9.47 Å². The highest BCUT2D eigenvalue weighted by Gasteiger charge is 2.21. The number of hydrogen-bond acceptors (Lipinski definition) is 2. The van der Waals surface area contributed by atoms with Crippen molar-refractivity contribution in [1.29, 1.82) is 0 Å². The first kappa shape index (κ1) is 15.6. The first-order valence-corrected chi connectivity index (χ1v) is 6.73. The molecule has 0 aliphatic rings. The quantitative estimate of drug-likeness (QED) is 0.767. The number of benzene rings is 2. The predicted octanol–water partition coefficient (Wildman–Crippen LogP) is 4.62. The normalized spacial score (nSPS) is 12.1. The maximum atomic E-state index is 14.2. The zero-order valence-corrected chi connectivity index (χ0v) is 12.7. The van der Waals surface area contributed by atoms with E-state index in [1.807, 2.05) is 0 Å². The molecule has 0 radical (unpaired) electrons. The second-order valence-corrected chi connectivity index (χ2v) is 5.05. The van der Waals surface area contributed by atoms with Crippen LogP contribution in [0.1, 0.15) is 22.1 Å². The van der Waals surface area contributed by atoms with Gasteiger partial charge in [-0.15, -0.1) is 11.6 Å². The lowest BCUT2D eigenvalue weighted by atomic mass is 10.0. The van der Waals surface area contributed by atoms with Gasteiger partial charge >= 0.3 is 0 Å². The van der Waals surface area contributed by atoms with Crippen LogP contribution in [-0.4, -0.2) is 14.2 Å². The third kappa shape index (κ3) is 3.10. The van der Waals surface area contributed by atoms with Gasteiger partial charge in [-0.25, -0.2) is 8.78 Å². The van der Waals surface area contributed by atoms with E-state index in [0.717, 1.165) is 5.56 Å². The van der Waals surface area contributed by atoms with Gasteiger partial charge in [0.1, 0.15) is 11.6 Å². The number of methoxy groups -OCH3 is 2. The van der Waals surface area contributed by atoms with Gasteiger partial charge in [0.25, 0.3) is 0 Å². The molecule has 1 unspecified atom stereocenters. The van der Waals surface area contributed by atoms with E-state index in [2.05, 4.69) is 0 Å². The Kier molecular flexibility index (Phi) is 4.68. The van der Waals surface area contributed by atoms with E-state index in [1.165, 1.54) is 32.4 Å². The lowest BCUT2D eigenvalue weighted by Gasteiger charge is -2.16. The SMILES string of the molecule is COc1cc(F)c(C(Cl)c2ccc(C)cc2F)cc1OC. The summed E-state index contributed by atoms with van der Waals surface area (Å²) in [6.07, 6.45) is 0. The van der Waals surface area contributed by atoms with E-state index in [9.17, 15) is 8.78 Å². The highest BCUT2D eigenvalue weighted by atomic mass is 35.5. The summed E-state index contributed by atoms with van der Waals surface area (Å²) in [6, 6.07) is 7.25. The van der Waals surface area contributed by atoms with Gasteiger partial charge in [-0.2, -0.15) is 0 Å². The Balaban J connectivity index is 2.50. The Hall–Kier alpha value is -1.81. The monoisotopic (exact) mass is 312 g/mol. The molecule has 1 atom stereocenters. The number of rotatable bonds is 4. The van der Waals surface area contributed by atoms with Crippen molar-refractivity contribution < 1.29 is 18.3 Å². The van der Waals surface area contributed by atoms with Crippen molar-refractivity contribution in [2.45, 2.75) is 12.3 Å². The van der Waals surface area contributed by atoms with Gasteiger partial charge in [-0.1, -0.05) is 12.1 Å². The first-order valence-electron chi connectivity index (χ1n) is 6.29. The second kappa shape index (κ2) is 6.31. The molecular formula is C16H15ClF2O2. The molecule has 0 saturated heterocycles. The molecule has 0 aliphatic carbocycles. The third-order valence-electron chi connectivity index (χ3n) is 3.20. The van der Waals surface area contributed by atoms with Gasteiger partial charge < -0.3 is 9.47 Å². The fourth-order valence-corrected chi connectivity index (χ4v) is 2.41. The standard InChI is InChI=1S/C16H15ClF2O2/c1-9-4-5-10(12(18)6-9)16(17)11-7-14(20-2)15(21-3)8-13(11)19/h4-8,16H,1-3H3. The summed E-state index contributed by atoms with van der Waals surface area (Å²) in [5, 5.41) is -0.953. The second-order valence-electron chi connectivity index (χ2n) is 4.62.